The van der Waals surface area contributed by atoms with Gasteiger partial charge in [-0.05, 0) is 93.3 Å². The van der Waals surface area contributed by atoms with Gasteiger partial charge in [-0.15, -0.1) is 11.8 Å². The maximum Gasteiger partial charge on any atom is 0.145 e. The molecule has 4 atom stereocenters. The third-order valence-corrected chi connectivity index (χ3v) is 11.2. The summed E-state index contributed by atoms with van der Waals surface area (Å²) in [5.74, 6) is 0.530. The first-order chi connectivity index (χ1) is 24.7. The highest BCUT2D eigenvalue weighted by molar-refractivity contribution is 8.00. The fourth-order valence-corrected chi connectivity index (χ4v) is 7.84. The Bertz CT molecular complexity index is 2040. The maximum atomic E-state index is 6.72. The third-order valence-electron chi connectivity index (χ3n) is 10.1. The predicted molar refractivity (Wildman–Crippen MR) is 219 cm³/mol. The largest absolute Gasteiger partial charge is 0.360 e. The number of thioether (sulfide) groups is 1. The van der Waals surface area contributed by atoms with Crippen molar-refractivity contribution in [3.05, 3.63) is 173 Å². The van der Waals surface area contributed by atoms with Crippen LogP contribution in [0, 0.1) is 11.3 Å². The van der Waals surface area contributed by atoms with E-state index in [1.165, 1.54) is 5.57 Å². The topological polar surface area (TPSA) is 76.4 Å². The molecule has 0 spiro atoms. The molecule has 7 rings (SSSR count). The summed E-state index contributed by atoms with van der Waals surface area (Å²) in [5.41, 5.74) is 26.0. The minimum atomic E-state index is -0.226. The van der Waals surface area contributed by atoms with E-state index in [0.29, 0.717) is 5.92 Å². The number of allylic oxidation sites excluding steroid dienone is 5. The number of nitrogens with two attached hydrogens (primary N) is 2. The van der Waals surface area contributed by atoms with Crippen molar-refractivity contribution in [1.29, 1.82) is 0 Å². The van der Waals surface area contributed by atoms with Crippen LogP contribution in [-0.4, -0.2) is 17.3 Å². The summed E-state index contributed by atoms with van der Waals surface area (Å²) >= 11 is 1.60. The maximum absolute atomic E-state index is 6.72. The molecule has 0 bridgehead atoms. The van der Waals surface area contributed by atoms with Crippen LogP contribution in [-0.2, 0) is 0 Å². The van der Waals surface area contributed by atoms with E-state index in [0.717, 1.165) is 75.2 Å². The van der Waals surface area contributed by atoms with Crippen LogP contribution in [0.4, 0.5) is 0 Å². The smallest absolute Gasteiger partial charge is 0.145 e. The molecule has 2 aliphatic carbocycles. The van der Waals surface area contributed by atoms with E-state index in [4.69, 9.17) is 16.5 Å². The quantitative estimate of drug-likeness (QED) is 0.153. The lowest BCUT2D eigenvalue weighted by atomic mass is 9.76. The summed E-state index contributed by atoms with van der Waals surface area (Å²) in [5, 5.41) is 3.29. The zero-order chi connectivity index (χ0) is 35.4. The van der Waals surface area contributed by atoms with Gasteiger partial charge in [0.1, 0.15) is 6.17 Å². The van der Waals surface area contributed by atoms with E-state index in [1.54, 1.807) is 11.8 Å². The van der Waals surface area contributed by atoms with Crippen molar-refractivity contribution in [1.82, 2.24) is 5.32 Å². The lowest BCUT2D eigenvalue weighted by Gasteiger charge is -2.30. The van der Waals surface area contributed by atoms with E-state index in [1.807, 2.05) is 0 Å². The summed E-state index contributed by atoms with van der Waals surface area (Å²) < 4.78 is 0. The zero-order valence-electron chi connectivity index (χ0n) is 29.8. The van der Waals surface area contributed by atoms with E-state index >= 15 is 0 Å². The lowest BCUT2D eigenvalue weighted by molar-refractivity contribution is 0.293. The first-order valence-electron chi connectivity index (χ1n) is 18.1. The second-order valence-corrected chi connectivity index (χ2v) is 16.0. The number of benzene rings is 4. The fourth-order valence-electron chi connectivity index (χ4n) is 6.88. The normalized spacial score (nSPS) is 20.0. The Morgan fingerprint density at radius 3 is 2.06 bits per heavy atom. The molecule has 51 heavy (non-hydrogen) atoms. The average Bonchev–Trinajstić information content (AvgIpc) is 3.18. The fraction of sp³-hybridized carbons (Fsp3) is 0.239. The molecule has 4 nitrogen and oxygen atoms in total. The van der Waals surface area contributed by atoms with Crippen molar-refractivity contribution >= 4 is 23.2 Å². The molecule has 0 aromatic heterocycles. The third kappa shape index (κ3) is 8.28. The Morgan fingerprint density at radius 2 is 1.39 bits per heavy atom. The molecule has 5 heteroatoms. The van der Waals surface area contributed by atoms with Gasteiger partial charge in [0.25, 0.3) is 0 Å². The van der Waals surface area contributed by atoms with E-state index in [9.17, 15) is 0 Å². The molecule has 1 heterocycles. The molecule has 3 aliphatic rings. The molecule has 0 saturated heterocycles. The molecule has 258 valence electrons. The lowest BCUT2D eigenvalue weighted by Crippen LogP contribution is -2.32. The SMILES string of the molecule is CC(C)(C)C1C=CC(C(N)SC(N)c2cccc(-c3ccc(-c4cccc(C5=NC(C6=CCCC=C6)NC(c6ccccc6)=C5)c4)cc3)c2)=CC1. The first kappa shape index (κ1) is 34.8. The Morgan fingerprint density at radius 1 is 0.706 bits per heavy atom. The molecule has 1 aliphatic heterocycles. The van der Waals surface area contributed by atoms with E-state index < -0.39 is 0 Å². The minimum absolute atomic E-state index is 0.125. The molecule has 0 amide bonds. The van der Waals surface area contributed by atoms with E-state index in [-0.39, 0.29) is 22.3 Å². The molecule has 0 saturated carbocycles. The molecule has 4 aromatic carbocycles. The van der Waals surface area contributed by atoms with Crippen LogP contribution in [0.2, 0.25) is 0 Å². The molecule has 5 N–H and O–H groups in total. The monoisotopic (exact) mass is 688 g/mol. The van der Waals surface area contributed by atoms with Gasteiger partial charge in [-0.2, -0.15) is 0 Å². The van der Waals surface area contributed by atoms with Crippen LogP contribution in [0.3, 0.4) is 0 Å². The summed E-state index contributed by atoms with van der Waals surface area (Å²) in [6.45, 7) is 6.87. The number of nitrogens with zero attached hydrogens (tertiary/aromatic N) is 1. The molecule has 0 fully saturated rings. The summed E-state index contributed by atoms with van der Waals surface area (Å²) in [7, 11) is 0. The van der Waals surface area contributed by atoms with Crippen LogP contribution in [0.15, 0.2) is 162 Å². The van der Waals surface area contributed by atoms with Gasteiger partial charge in [0.2, 0.25) is 0 Å². The van der Waals surface area contributed by atoms with Gasteiger partial charge >= 0.3 is 0 Å². The van der Waals surface area contributed by atoms with Gasteiger partial charge in [-0.3, -0.25) is 4.99 Å². The van der Waals surface area contributed by atoms with Crippen molar-refractivity contribution in [3.8, 4) is 22.3 Å². The Hall–Kier alpha value is -4.68. The second-order valence-electron chi connectivity index (χ2n) is 14.7. The number of rotatable bonds is 9. The van der Waals surface area contributed by atoms with Gasteiger partial charge in [0.15, 0.2) is 0 Å². The van der Waals surface area contributed by atoms with Crippen LogP contribution in [0.25, 0.3) is 28.0 Å². The van der Waals surface area contributed by atoms with Crippen LogP contribution < -0.4 is 16.8 Å². The van der Waals surface area contributed by atoms with Crippen LogP contribution >= 0.6 is 11.8 Å². The second kappa shape index (κ2) is 15.3. The Balaban J connectivity index is 1.08. The van der Waals surface area contributed by atoms with Crippen molar-refractivity contribution in [2.75, 3.05) is 0 Å². The van der Waals surface area contributed by atoms with Gasteiger partial charge < -0.3 is 16.8 Å². The molecular weight excluding hydrogens is 641 g/mol. The first-order valence-corrected chi connectivity index (χ1v) is 19.0. The highest BCUT2D eigenvalue weighted by Gasteiger charge is 2.25. The minimum Gasteiger partial charge on any atom is -0.360 e. The predicted octanol–water partition coefficient (Wildman–Crippen LogP) is 10.6. The Kier molecular flexibility index (Phi) is 10.4. The summed E-state index contributed by atoms with van der Waals surface area (Å²) in [6.07, 6.45) is 18.7. The highest BCUT2D eigenvalue weighted by Crippen LogP contribution is 2.37. The zero-order valence-corrected chi connectivity index (χ0v) is 30.6. The van der Waals surface area contributed by atoms with Crippen LogP contribution in [0.5, 0.6) is 0 Å². The van der Waals surface area contributed by atoms with Crippen molar-refractivity contribution in [2.45, 2.75) is 56.9 Å². The molecular formula is C46H48N4S. The van der Waals surface area contributed by atoms with Crippen molar-refractivity contribution in [2.24, 2.45) is 27.8 Å². The van der Waals surface area contributed by atoms with Gasteiger partial charge in [-0.25, -0.2) is 0 Å². The average molecular weight is 689 g/mol. The molecule has 4 aromatic rings. The Labute approximate surface area is 307 Å². The van der Waals surface area contributed by atoms with Crippen LogP contribution in [0.1, 0.15) is 62.1 Å². The summed E-state index contributed by atoms with van der Waals surface area (Å²) in [6, 6.07) is 36.5. The number of aliphatic imine (C=N–C) groups is 1. The molecule has 0 radical (unpaired) electrons. The molecule has 4 unspecified atom stereocenters. The number of hydrogen-bond donors (Lipinski definition) is 3. The van der Waals surface area contributed by atoms with E-state index in [2.05, 4.69) is 172 Å². The van der Waals surface area contributed by atoms with Gasteiger partial charge in [0, 0.05) is 11.3 Å². The number of nitrogens with one attached hydrogen (secondary N) is 1. The van der Waals surface area contributed by atoms with Gasteiger partial charge in [-0.1, -0.05) is 148 Å². The standard InChI is InChI=1S/C46H48N4S/c1-46(2,3)40-26-24-34(25-27-40)43(47)51-44(48)39-19-11-17-37(29-39)32-22-20-31(21-23-32)36-16-10-18-38(28-36)42-30-41(33-12-6-4-7-13-33)49-45(50-42)35-14-8-5-9-15-35/h4,6-8,10-26,28-30,40,43-45,49H,5,9,27,47-48H2,1-3H3. The summed E-state index contributed by atoms with van der Waals surface area (Å²) in [4.78, 5) is 5.20. The highest BCUT2D eigenvalue weighted by atomic mass is 32.2. The van der Waals surface area contributed by atoms with Crippen molar-refractivity contribution in [3.63, 3.8) is 0 Å². The van der Waals surface area contributed by atoms with Gasteiger partial charge in [0.05, 0.1) is 16.5 Å². The van der Waals surface area contributed by atoms with Crippen molar-refractivity contribution < 1.29 is 0 Å². The number of hydrogen-bond acceptors (Lipinski definition) is 5.